The summed E-state index contributed by atoms with van der Waals surface area (Å²) in [7, 11) is 0. The van der Waals surface area contributed by atoms with E-state index in [1.165, 1.54) is 68.1 Å². The fraction of sp³-hybridized carbons (Fsp3) is 0.419. The number of hydrogen-bond acceptors (Lipinski definition) is 7. The van der Waals surface area contributed by atoms with Gasteiger partial charge in [-0.05, 0) is 74.5 Å². The van der Waals surface area contributed by atoms with Crippen molar-refractivity contribution in [1.29, 1.82) is 0 Å². The highest BCUT2D eigenvalue weighted by molar-refractivity contribution is 9.09. The first-order chi connectivity index (χ1) is 19.4. The van der Waals surface area contributed by atoms with Crippen LogP contribution in [0.1, 0.15) is 77.4 Å². The number of rotatable bonds is 9. The molecule has 3 aliphatic rings. The molecule has 3 saturated carbocycles. The van der Waals surface area contributed by atoms with Gasteiger partial charge < -0.3 is 14.3 Å². The third-order valence-corrected chi connectivity index (χ3v) is 7.12. The van der Waals surface area contributed by atoms with Gasteiger partial charge in [0.05, 0.1) is 18.0 Å². The summed E-state index contributed by atoms with van der Waals surface area (Å²) in [5.41, 5.74) is 0.895. The second kappa shape index (κ2) is 17.9. The van der Waals surface area contributed by atoms with E-state index in [-0.39, 0.29) is 18.5 Å². The topological polar surface area (TPSA) is 128 Å². The number of nitrogens with zero attached hydrogens (tertiary/aromatic N) is 2. The van der Waals surface area contributed by atoms with E-state index in [4.69, 9.17) is 4.74 Å². The van der Waals surface area contributed by atoms with Crippen LogP contribution in [0.2, 0.25) is 0 Å². The maximum Gasteiger partial charge on any atom is 0.251 e. The zero-order valence-electron chi connectivity index (χ0n) is 22.2. The Morgan fingerprint density at radius 1 is 0.829 bits per heavy atom. The molecule has 0 unspecified atom stereocenters. The van der Waals surface area contributed by atoms with Crippen molar-refractivity contribution in [1.82, 2.24) is 14.5 Å². The second-order valence-corrected chi connectivity index (χ2v) is 10.6. The number of aromatic nitrogens is 3. The molecule has 3 fully saturated rings. The number of alkyl halides is 1. The smallest absolute Gasteiger partial charge is 0.251 e. The number of aromatic amines is 1. The standard InChI is InChI=1S/2C10H11NO2.C6H5NO2.C4H7Br.CH4/c12-6-9-2-1-3-10(11-9)13-7-8-4-5-8;12-7-9-2-1-3-10(13)11(9)6-8-4-5-8;8-4-5-2-1-3-6(9)7-5;5-3-4-1-2-4;/h1-3,6,8H,4-5,7H2;1-3,7-8H,4-6H2;1-4H,(H,7,9);4H,1-3H2;1H4. The van der Waals surface area contributed by atoms with Crippen LogP contribution in [-0.4, -0.2) is 45.3 Å². The van der Waals surface area contributed by atoms with Crippen LogP contribution >= 0.6 is 15.9 Å². The van der Waals surface area contributed by atoms with Crippen LogP contribution in [0, 0.1) is 17.8 Å². The van der Waals surface area contributed by atoms with Gasteiger partial charge in [0.2, 0.25) is 11.4 Å². The first kappa shape index (κ1) is 33.5. The molecule has 6 rings (SSSR count). The van der Waals surface area contributed by atoms with Gasteiger partial charge in [0.15, 0.2) is 18.9 Å². The molecule has 0 bridgehead atoms. The maximum atomic E-state index is 11.4. The van der Waals surface area contributed by atoms with Crippen molar-refractivity contribution < 1.29 is 19.1 Å². The minimum absolute atomic E-state index is 0. The fourth-order valence-electron chi connectivity index (χ4n) is 3.26. The lowest BCUT2D eigenvalue weighted by Crippen LogP contribution is -2.22. The summed E-state index contributed by atoms with van der Waals surface area (Å²) >= 11 is 3.38. The molecule has 3 aromatic heterocycles. The third kappa shape index (κ3) is 13.5. The summed E-state index contributed by atoms with van der Waals surface area (Å²) in [6.07, 6.45) is 9.87. The Morgan fingerprint density at radius 2 is 1.49 bits per heavy atom. The summed E-state index contributed by atoms with van der Waals surface area (Å²) in [6, 6.07) is 14.4. The Labute approximate surface area is 248 Å². The lowest BCUT2D eigenvalue weighted by Gasteiger charge is -2.06. The minimum atomic E-state index is -0.250. The minimum Gasteiger partial charge on any atom is -0.477 e. The molecule has 1 N–H and O–H groups in total. The summed E-state index contributed by atoms with van der Waals surface area (Å²) in [5.74, 6) is 2.92. The third-order valence-electron chi connectivity index (χ3n) is 6.20. The van der Waals surface area contributed by atoms with Gasteiger partial charge in [-0.1, -0.05) is 41.6 Å². The molecule has 3 aliphatic carbocycles. The SMILES string of the molecule is BrCC1CC1.C.O=Cc1cccc(=O)[nH]1.O=Cc1cccc(=O)n1CC1CC1.O=Cc1cccc(OCC2CC2)n1. The second-order valence-electron chi connectivity index (χ2n) is 9.92. The molecule has 0 amide bonds. The number of H-pyrrole nitrogens is 1. The van der Waals surface area contributed by atoms with Crippen molar-refractivity contribution in [3.05, 3.63) is 92.4 Å². The maximum absolute atomic E-state index is 11.4. The average molecular weight is 629 g/mol. The van der Waals surface area contributed by atoms with Crippen molar-refractivity contribution in [2.45, 2.75) is 52.5 Å². The zero-order valence-corrected chi connectivity index (χ0v) is 23.8. The largest absolute Gasteiger partial charge is 0.477 e. The van der Waals surface area contributed by atoms with Crippen LogP contribution in [0.5, 0.6) is 5.88 Å². The Balaban J connectivity index is 0.000000199. The molecular weight excluding hydrogens is 590 g/mol. The summed E-state index contributed by atoms with van der Waals surface area (Å²) in [4.78, 5) is 59.1. The Bertz CT molecular complexity index is 1360. The first-order valence-electron chi connectivity index (χ1n) is 13.4. The highest BCUT2D eigenvalue weighted by Gasteiger charge is 2.23. The highest BCUT2D eigenvalue weighted by atomic mass is 79.9. The molecule has 220 valence electrons. The van der Waals surface area contributed by atoms with E-state index in [9.17, 15) is 24.0 Å². The number of halogens is 1. The molecule has 0 radical (unpaired) electrons. The number of carbonyl (C=O) groups excluding carboxylic acids is 3. The molecule has 9 nitrogen and oxygen atoms in total. The first-order valence-corrected chi connectivity index (χ1v) is 14.5. The van der Waals surface area contributed by atoms with Crippen molar-refractivity contribution in [3.63, 3.8) is 0 Å². The van der Waals surface area contributed by atoms with E-state index in [0.717, 1.165) is 25.1 Å². The molecule has 41 heavy (non-hydrogen) atoms. The normalized spacial score (nSPS) is 14.7. The number of ether oxygens (including phenoxy) is 1. The molecule has 0 aromatic carbocycles. The van der Waals surface area contributed by atoms with Crippen LogP contribution in [0.25, 0.3) is 0 Å². The number of aldehydes is 3. The van der Waals surface area contributed by atoms with E-state index in [1.54, 1.807) is 34.9 Å². The molecule has 0 atom stereocenters. The molecule has 3 aromatic rings. The van der Waals surface area contributed by atoms with E-state index in [0.29, 0.717) is 47.6 Å². The van der Waals surface area contributed by atoms with Crippen molar-refractivity contribution in [2.75, 3.05) is 11.9 Å². The number of pyridine rings is 3. The van der Waals surface area contributed by atoms with Crippen molar-refractivity contribution >= 4 is 34.8 Å². The van der Waals surface area contributed by atoms with Gasteiger partial charge in [-0.25, -0.2) is 4.98 Å². The lowest BCUT2D eigenvalue weighted by molar-refractivity contribution is 0.110. The predicted molar refractivity (Wildman–Crippen MR) is 162 cm³/mol. The van der Waals surface area contributed by atoms with Crippen LogP contribution < -0.4 is 15.9 Å². The zero-order chi connectivity index (χ0) is 28.7. The molecule has 0 aliphatic heterocycles. The molecule has 0 spiro atoms. The number of nitrogens with one attached hydrogen (secondary N) is 1. The average Bonchev–Trinajstić information content (AvgIpc) is 3.84. The van der Waals surface area contributed by atoms with E-state index < -0.39 is 0 Å². The summed E-state index contributed by atoms with van der Waals surface area (Å²) < 4.78 is 6.96. The van der Waals surface area contributed by atoms with Gasteiger partial charge in [-0.3, -0.25) is 24.0 Å². The van der Waals surface area contributed by atoms with E-state index in [1.807, 2.05) is 0 Å². The molecule has 10 heteroatoms. The Hall–Kier alpha value is -3.66. The number of hydrogen-bond donors (Lipinski definition) is 1. The Kier molecular flexibility index (Phi) is 14.7. The monoisotopic (exact) mass is 627 g/mol. The van der Waals surface area contributed by atoms with E-state index >= 15 is 0 Å². The van der Waals surface area contributed by atoms with Gasteiger partial charge in [-0.15, -0.1) is 0 Å². The lowest BCUT2D eigenvalue weighted by atomic mass is 10.3. The van der Waals surface area contributed by atoms with Crippen LogP contribution in [0.3, 0.4) is 0 Å². The Morgan fingerprint density at radius 3 is 2.00 bits per heavy atom. The van der Waals surface area contributed by atoms with E-state index in [2.05, 4.69) is 25.9 Å². The highest BCUT2D eigenvalue weighted by Crippen LogP contribution is 2.31. The fourth-order valence-corrected chi connectivity index (χ4v) is 3.91. The van der Waals surface area contributed by atoms with Crippen molar-refractivity contribution in [2.24, 2.45) is 17.8 Å². The quantitative estimate of drug-likeness (QED) is 0.249. The van der Waals surface area contributed by atoms with Gasteiger partial charge in [0, 0.05) is 30.1 Å². The van der Waals surface area contributed by atoms with Crippen molar-refractivity contribution in [3.8, 4) is 5.88 Å². The van der Waals surface area contributed by atoms with Gasteiger partial charge in [-0.2, -0.15) is 0 Å². The summed E-state index contributed by atoms with van der Waals surface area (Å²) in [5, 5.41) is 1.23. The molecule has 0 saturated heterocycles. The molecule has 3 heterocycles. The molecular formula is C31H38BrN3O6. The van der Waals surface area contributed by atoms with Crippen LogP contribution in [0.4, 0.5) is 0 Å². The van der Waals surface area contributed by atoms with Crippen LogP contribution in [0.15, 0.2) is 64.2 Å². The van der Waals surface area contributed by atoms with Gasteiger partial charge >= 0.3 is 0 Å². The van der Waals surface area contributed by atoms with Crippen LogP contribution in [-0.2, 0) is 6.54 Å². The number of carbonyl (C=O) groups is 3. The van der Waals surface area contributed by atoms with Gasteiger partial charge in [0.25, 0.3) is 5.56 Å². The van der Waals surface area contributed by atoms with Gasteiger partial charge in [0.1, 0.15) is 5.69 Å². The predicted octanol–water partition coefficient (Wildman–Crippen LogP) is 5.37. The summed E-state index contributed by atoms with van der Waals surface area (Å²) in [6.45, 7) is 1.43.